The van der Waals surface area contributed by atoms with Crippen molar-refractivity contribution in [3.63, 3.8) is 0 Å². The van der Waals surface area contributed by atoms with E-state index in [4.69, 9.17) is 4.98 Å². The van der Waals surface area contributed by atoms with Gasteiger partial charge in [-0.15, -0.1) is 0 Å². The second-order valence-corrected chi connectivity index (χ2v) is 5.56. The maximum atomic E-state index is 12.5. The van der Waals surface area contributed by atoms with Crippen LogP contribution in [-0.2, 0) is 12.8 Å². The van der Waals surface area contributed by atoms with Gasteiger partial charge in [0.25, 0.3) is 0 Å². The summed E-state index contributed by atoms with van der Waals surface area (Å²) in [7, 11) is 0. The molecule has 4 rings (SSSR count). The number of imidazole rings is 1. The molecule has 0 saturated heterocycles. The van der Waals surface area contributed by atoms with Crippen LogP contribution in [0.15, 0.2) is 54.2 Å². The maximum Gasteiger partial charge on any atom is 0.189 e. The molecule has 3 nitrogen and oxygen atoms in total. The third-order valence-electron chi connectivity index (χ3n) is 4.21. The standard InChI is InChI=1S/C19H16N2O/c1-2-18-20-16(17-9-5-6-10-21(17)18)12-14-11-13-7-3-4-8-15(13)19(14)22/h3-10,12H,2,11H2,1H3. The number of rotatable bonds is 2. The van der Waals surface area contributed by atoms with E-state index in [1.165, 1.54) is 0 Å². The Bertz CT molecular complexity index is 918. The summed E-state index contributed by atoms with van der Waals surface area (Å²) >= 11 is 0. The molecule has 0 unspecified atom stereocenters. The molecule has 108 valence electrons. The fourth-order valence-electron chi connectivity index (χ4n) is 3.12. The molecular weight excluding hydrogens is 272 g/mol. The van der Waals surface area contributed by atoms with Gasteiger partial charge in [0.15, 0.2) is 5.78 Å². The topological polar surface area (TPSA) is 34.4 Å². The number of pyridine rings is 1. The Morgan fingerprint density at radius 3 is 2.82 bits per heavy atom. The second-order valence-electron chi connectivity index (χ2n) is 5.56. The van der Waals surface area contributed by atoms with Gasteiger partial charge in [-0.05, 0) is 23.8 Å². The first-order valence-corrected chi connectivity index (χ1v) is 7.57. The Labute approximate surface area is 128 Å². The van der Waals surface area contributed by atoms with Crippen LogP contribution in [0.5, 0.6) is 0 Å². The van der Waals surface area contributed by atoms with E-state index in [0.717, 1.165) is 40.2 Å². The summed E-state index contributed by atoms with van der Waals surface area (Å²) in [6.07, 6.45) is 5.54. The van der Waals surface area contributed by atoms with Crippen LogP contribution in [0.25, 0.3) is 11.6 Å². The summed E-state index contributed by atoms with van der Waals surface area (Å²) in [5.74, 6) is 1.15. The summed E-state index contributed by atoms with van der Waals surface area (Å²) in [4.78, 5) is 17.2. The first kappa shape index (κ1) is 13.0. The number of aryl methyl sites for hydroxylation is 1. The number of fused-ring (bicyclic) bond motifs is 2. The molecular formula is C19H16N2O. The Morgan fingerprint density at radius 2 is 2.00 bits per heavy atom. The van der Waals surface area contributed by atoms with E-state index >= 15 is 0 Å². The van der Waals surface area contributed by atoms with Crippen LogP contribution in [0, 0.1) is 0 Å². The number of ketones is 1. The van der Waals surface area contributed by atoms with E-state index in [-0.39, 0.29) is 5.78 Å². The molecule has 3 aromatic rings. The molecule has 0 spiro atoms. The van der Waals surface area contributed by atoms with Crippen LogP contribution < -0.4 is 0 Å². The van der Waals surface area contributed by atoms with Gasteiger partial charge >= 0.3 is 0 Å². The number of nitrogens with zero attached hydrogens (tertiary/aromatic N) is 2. The third kappa shape index (κ3) is 1.90. The van der Waals surface area contributed by atoms with Crippen molar-refractivity contribution in [1.82, 2.24) is 9.38 Å². The Morgan fingerprint density at radius 1 is 1.18 bits per heavy atom. The summed E-state index contributed by atoms with van der Waals surface area (Å²) in [6.45, 7) is 2.09. The van der Waals surface area contributed by atoms with Gasteiger partial charge in [0.2, 0.25) is 0 Å². The maximum absolute atomic E-state index is 12.5. The van der Waals surface area contributed by atoms with Crippen molar-refractivity contribution in [2.75, 3.05) is 0 Å². The van der Waals surface area contributed by atoms with Crippen molar-refractivity contribution in [3.8, 4) is 0 Å². The van der Waals surface area contributed by atoms with Gasteiger partial charge in [0.1, 0.15) is 5.82 Å². The molecule has 0 bridgehead atoms. The normalized spacial score (nSPS) is 15.7. The molecule has 0 fully saturated rings. The van der Waals surface area contributed by atoms with Gasteiger partial charge in [-0.3, -0.25) is 4.79 Å². The largest absolute Gasteiger partial charge is 0.303 e. The van der Waals surface area contributed by atoms with E-state index in [0.29, 0.717) is 6.42 Å². The van der Waals surface area contributed by atoms with Gasteiger partial charge < -0.3 is 4.40 Å². The predicted molar refractivity (Wildman–Crippen MR) is 87.0 cm³/mol. The summed E-state index contributed by atoms with van der Waals surface area (Å²) < 4.78 is 2.10. The Balaban J connectivity index is 1.84. The summed E-state index contributed by atoms with van der Waals surface area (Å²) in [5, 5.41) is 0. The lowest BCUT2D eigenvalue weighted by molar-refractivity contribution is 0.104. The number of hydrogen-bond donors (Lipinski definition) is 0. The van der Waals surface area contributed by atoms with Gasteiger partial charge in [-0.1, -0.05) is 37.3 Å². The van der Waals surface area contributed by atoms with Gasteiger partial charge in [0, 0.05) is 30.2 Å². The smallest absolute Gasteiger partial charge is 0.189 e. The molecule has 1 aliphatic carbocycles. The van der Waals surface area contributed by atoms with Crippen molar-refractivity contribution in [3.05, 3.63) is 76.9 Å². The molecule has 0 atom stereocenters. The van der Waals surface area contributed by atoms with E-state index in [1.54, 1.807) is 0 Å². The van der Waals surface area contributed by atoms with Crippen molar-refractivity contribution >= 4 is 17.4 Å². The van der Waals surface area contributed by atoms with E-state index < -0.39 is 0 Å². The van der Waals surface area contributed by atoms with Crippen molar-refractivity contribution in [1.29, 1.82) is 0 Å². The number of carbonyl (C=O) groups is 1. The molecule has 1 aliphatic rings. The molecule has 0 radical (unpaired) electrons. The first-order valence-electron chi connectivity index (χ1n) is 7.57. The molecule has 1 aromatic carbocycles. The van der Waals surface area contributed by atoms with Crippen LogP contribution in [0.4, 0.5) is 0 Å². The van der Waals surface area contributed by atoms with Crippen LogP contribution in [0.2, 0.25) is 0 Å². The highest BCUT2D eigenvalue weighted by molar-refractivity contribution is 6.15. The average molecular weight is 288 g/mol. The number of Topliss-reactive ketones (excluding diaryl/α,β-unsaturated/α-hetero) is 1. The molecule has 22 heavy (non-hydrogen) atoms. The summed E-state index contributed by atoms with van der Waals surface area (Å²) in [5.41, 5.74) is 4.70. The average Bonchev–Trinajstić information content (AvgIpc) is 3.07. The number of allylic oxidation sites excluding steroid dienone is 1. The highest BCUT2D eigenvalue weighted by Crippen LogP contribution is 2.28. The lowest BCUT2D eigenvalue weighted by atomic mass is 10.1. The van der Waals surface area contributed by atoms with Gasteiger partial charge in [-0.25, -0.2) is 4.98 Å². The molecule has 0 aliphatic heterocycles. The lowest BCUT2D eigenvalue weighted by Gasteiger charge is -1.96. The van der Waals surface area contributed by atoms with E-state index in [1.807, 2.05) is 54.7 Å². The third-order valence-corrected chi connectivity index (χ3v) is 4.21. The highest BCUT2D eigenvalue weighted by Gasteiger charge is 2.24. The number of benzene rings is 1. The number of hydrogen-bond acceptors (Lipinski definition) is 2. The predicted octanol–water partition coefficient (Wildman–Crippen LogP) is 3.72. The van der Waals surface area contributed by atoms with Gasteiger partial charge in [-0.2, -0.15) is 0 Å². The molecule has 2 aromatic heterocycles. The van der Waals surface area contributed by atoms with Crippen LogP contribution in [0.1, 0.15) is 34.4 Å². The first-order chi connectivity index (χ1) is 10.8. The molecule has 0 saturated carbocycles. The van der Waals surface area contributed by atoms with Crippen LogP contribution in [0.3, 0.4) is 0 Å². The minimum absolute atomic E-state index is 0.130. The number of aromatic nitrogens is 2. The zero-order valence-corrected chi connectivity index (χ0v) is 12.4. The highest BCUT2D eigenvalue weighted by atomic mass is 16.1. The lowest BCUT2D eigenvalue weighted by Crippen LogP contribution is -1.95. The van der Waals surface area contributed by atoms with Crippen LogP contribution >= 0.6 is 0 Å². The zero-order chi connectivity index (χ0) is 15.1. The zero-order valence-electron chi connectivity index (χ0n) is 12.4. The van der Waals surface area contributed by atoms with E-state index in [9.17, 15) is 4.79 Å². The fourth-order valence-corrected chi connectivity index (χ4v) is 3.12. The monoisotopic (exact) mass is 288 g/mol. The molecule has 2 heterocycles. The van der Waals surface area contributed by atoms with Crippen LogP contribution in [-0.4, -0.2) is 15.2 Å². The second kappa shape index (κ2) is 4.95. The quantitative estimate of drug-likeness (QED) is 0.674. The van der Waals surface area contributed by atoms with Crippen molar-refractivity contribution in [2.24, 2.45) is 0 Å². The molecule has 3 heteroatoms. The van der Waals surface area contributed by atoms with E-state index in [2.05, 4.69) is 11.3 Å². The molecule has 0 amide bonds. The number of carbonyl (C=O) groups excluding carboxylic acids is 1. The van der Waals surface area contributed by atoms with Gasteiger partial charge in [0.05, 0.1) is 11.2 Å². The Kier molecular flexibility index (Phi) is 2.93. The van der Waals surface area contributed by atoms with Crippen molar-refractivity contribution < 1.29 is 4.79 Å². The van der Waals surface area contributed by atoms with Crippen molar-refractivity contribution in [2.45, 2.75) is 19.8 Å². The fraction of sp³-hybridized carbons (Fsp3) is 0.158. The SMILES string of the molecule is CCc1nc(C=C2Cc3ccccc3C2=O)c2ccccn12. The minimum atomic E-state index is 0.130. The Hall–Kier alpha value is -2.68. The summed E-state index contributed by atoms with van der Waals surface area (Å²) in [6, 6.07) is 13.9. The molecule has 0 N–H and O–H groups in total. The minimum Gasteiger partial charge on any atom is -0.303 e.